The minimum Gasteiger partial charge on any atom is -0.507 e. The van der Waals surface area contributed by atoms with E-state index in [-0.39, 0.29) is 17.2 Å². The number of methoxy groups -OCH3 is 1. The van der Waals surface area contributed by atoms with Gasteiger partial charge < -0.3 is 15.2 Å². The summed E-state index contributed by atoms with van der Waals surface area (Å²) in [6.45, 7) is 0.389. The molecule has 0 atom stereocenters. The predicted octanol–water partition coefficient (Wildman–Crippen LogP) is 1.79. The fourth-order valence-electron chi connectivity index (χ4n) is 1.42. The standard InChI is InChI=1S/C12H12N2O3S/c1-17-8-2-3-11(15)10(4-8)12(16)14-6-9-5-13-7-18-9/h2-5,7,15H,6H2,1H3,(H,14,16). The number of amides is 1. The number of thiazole rings is 1. The lowest BCUT2D eigenvalue weighted by Gasteiger charge is -2.07. The van der Waals surface area contributed by atoms with Crippen molar-refractivity contribution in [3.63, 3.8) is 0 Å². The molecule has 5 nitrogen and oxygen atoms in total. The van der Waals surface area contributed by atoms with Crippen LogP contribution in [0.5, 0.6) is 11.5 Å². The zero-order valence-electron chi connectivity index (χ0n) is 9.71. The molecule has 0 saturated heterocycles. The minimum absolute atomic E-state index is 0.0717. The van der Waals surface area contributed by atoms with Gasteiger partial charge >= 0.3 is 0 Å². The molecule has 0 spiro atoms. The van der Waals surface area contributed by atoms with Crippen molar-refractivity contribution < 1.29 is 14.6 Å². The van der Waals surface area contributed by atoms with Crippen molar-refractivity contribution in [3.8, 4) is 11.5 Å². The fraction of sp³-hybridized carbons (Fsp3) is 0.167. The zero-order chi connectivity index (χ0) is 13.0. The average molecular weight is 264 g/mol. The van der Waals surface area contributed by atoms with Gasteiger partial charge in [0.2, 0.25) is 0 Å². The van der Waals surface area contributed by atoms with Crippen LogP contribution >= 0.6 is 11.3 Å². The number of benzene rings is 1. The molecule has 0 saturated carbocycles. The number of carbonyl (C=O) groups is 1. The largest absolute Gasteiger partial charge is 0.507 e. The van der Waals surface area contributed by atoms with Crippen LogP contribution in [0, 0.1) is 0 Å². The molecule has 1 heterocycles. The van der Waals surface area contributed by atoms with Crippen molar-refractivity contribution in [2.24, 2.45) is 0 Å². The zero-order valence-corrected chi connectivity index (χ0v) is 10.5. The quantitative estimate of drug-likeness (QED) is 0.883. The van der Waals surface area contributed by atoms with Crippen LogP contribution in [0.25, 0.3) is 0 Å². The van der Waals surface area contributed by atoms with Gasteiger partial charge in [-0.1, -0.05) is 0 Å². The first-order valence-corrected chi connectivity index (χ1v) is 6.11. The van der Waals surface area contributed by atoms with Gasteiger partial charge in [-0.3, -0.25) is 9.78 Å². The summed E-state index contributed by atoms with van der Waals surface area (Å²) in [7, 11) is 1.51. The maximum Gasteiger partial charge on any atom is 0.255 e. The average Bonchev–Trinajstić information content (AvgIpc) is 2.89. The molecule has 2 N–H and O–H groups in total. The first kappa shape index (κ1) is 12.4. The van der Waals surface area contributed by atoms with Crippen LogP contribution in [-0.2, 0) is 6.54 Å². The molecule has 1 aromatic carbocycles. The third kappa shape index (κ3) is 2.78. The number of aromatic hydroxyl groups is 1. The maximum atomic E-state index is 11.9. The topological polar surface area (TPSA) is 71.5 Å². The first-order chi connectivity index (χ1) is 8.70. The Morgan fingerprint density at radius 2 is 2.39 bits per heavy atom. The number of aromatic nitrogens is 1. The summed E-state index contributed by atoms with van der Waals surface area (Å²) in [6, 6.07) is 4.52. The Morgan fingerprint density at radius 1 is 1.56 bits per heavy atom. The number of hydrogen-bond donors (Lipinski definition) is 2. The Hall–Kier alpha value is -2.08. The number of nitrogens with zero attached hydrogens (tertiary/aromatic N) is 1. The van der Waals surface area contributed by atoms with Gasteiger partial charge in [-0.2, -0.15) is 0 Å². The maximum absolute atomic E-state index is 11.9. The van der Waals surface area contributed by atoms with Crippen molar-refractivity contribution in [2.45, 2.75) is 6.54 Å². The summed E-state index contributed by atoms with van der Waals surface area (Å²) in [4.78, 5) is 16.8. The van der Waals surface area contributed by atoms with Gasteiger partial charge in [0.1, 0.15) is 11.5 Å². The van der Waals surface area contributed by atoms with Gasteiger partial charge in [0.25, 0.3) is 5.91 Å². The molecule has 0 fully saturated rings. The van der Waals surface area contributed by atoms with Gasteiger partial charge in [-0.15, -0.1) is 11.3 Å². The summed E-state index contributed by atoms with van der Waals surface area (Å²) in [6.07, 6.45) is 1.69. The molecular formula is C12H12N2O3S. The van der Waals surface area contributed by atoms with Gasteiger partial charge in [0.15, 0.2) is 0 Å². The van der Waals surface area contributed by atoms with E-state index in [1.54, 1.807) is 17.8 Å². The molecule has 2 rings (SSSR count). The number of phenolic OH excluding ortho intramolecular Hbond substituents is 1. The van der Waals surface area contributed by atoms with Gasteiger partial charge in [-0.05, 0) is 18.2 Å². The third-order valence-electron chi connectivity index (χ3n) is 2.35. The van der Waals surface area contributed by atoms with E-state index in [2.05, 4.69) is 10.3 Å². The number of rotatable bonds is 4. The van der Waals surface area contributed by atoms with E-state index in [4.69, 9.17) is 4.74 Å². The van der Waals surface area contributed by atoms with Gasteiger partial charge in [0.05, 0.1) is 24.7 Å². The van der Waals surface area contributed by atoms with E-state index in [0.29, 0.717) is 12.3 Å². The molecule has 0 radical (unpaired) electrons. The lowest BCUT2D eigenvalue weighted by molar-refractivity contribution is 0.0948. The highest BCUT2D eigenvalue weighted by Gasteiger charge is 2.12. The molecule has 2 aromatic rings. The lowest BCUT2D eigenvalue weighted by atomic mass is 10.1. The Morgan fingerprint density at radius 3 is 3.06 bits per heavy atom. The Balaban J connectivity index is 2.08. The van der Waals surface area contributed by atoms with Crippen molar-refractivity contribution >= 4 is 17.2 Å². The molecule has 1 amide bonds. The second kappa shape index (κ2) is 5.50. The lowest BCUT2D eigenvalue weighted by Crippen LogP contribution is -2.22. The summed E-state index contributed by atoms with van der Waals surface area (Å²) >= 11 is 1.46. The highest BCUT2D eigenvalue weighted by Crippen LogP contribution is 2.22. The van der Waals surface area contributed by atoms with Crippen LogP contribution in [-0.4, -0.2) is 23.1 Å². The van der Waals surface area contributed by atoms with Crippen LogP contribution in [0.3, 0.4) is 0 Å². The van der Waals surface area contributed by atoms with Crippen LogP contribution in [0.15, 0.2) is 29.9 Å². The molecule has 6 heteroatoms. The van der Waals surface area contributed by atoms with Crippen molar-refractivity contribution in [1.82, 2.24) is 10.3 Å². The summed E-state index contributed by atoms with van der Waals surface area (Å²) in [5, 5.41) is 12.3. The molecular weight excluding hydrogens is 252 g/mol. The number of ether oxygens (including phenoxy) is 1. The van der Waals surface area contributed by atoms with Gasteiger partial charge in [0, 0.05) is 11.1 Å². The van der Waals surface area contributed by atoms with E-state index in [1.807, 2.05) is 0 Å². The second-order valence-electron chi connectivity index (χ2n) is 3.53. The highest BCUT2D eigenvalue weighted by atomic mass is 32.1. The normalized spacial score (nSPS) is 10.1. The van der Waals surface area contributed by atoms with Crippen LogP contribution in [0.1, 0.15) is 15.2 Å². The molecule has 0 unspecified atom stereocenters. The monoisotopic (exact) mass is 264 g/mol. The van der Waals surface area contributed by atoms with Crippen molar-refractivity contribution in [2.75, 3.05) is 7.11 Å². The third-order valence-corrected chi connectivity index (χ3v) is 3.13. The van der Waals surface area contributed by atoms with Crippen molar-refractivity contribution in [3.05, 3.63) is 40.3 Å². The van der Waals surface area contributed by atoms with E-state index < -0.39 is 0 Å². The summed E-state index contributed by atoms with van der Waals surface area (Å²) < 4.78 is 5.01. The fourth-order valence-corrected chi connectivity index (χ4v) is 1.95. The smallest absolute Gasteiger partial charge is 0.255 e. The van der Waals surface area contributed by atoms with Crippen LogP contribution in [0.4, 0.5) is 0 Å². The van der Waals surface area contributed by atoms with E-state index in [0.717, 1.165) is 4.88 Å². The van der Waals surface area contributed by atoms with E-state index >= 15 is 0 Å². The molecule has 0 aliphatic carbocycles. The molecule has 0 bridgehead atoms. The Labute approximate surface area is 108 Å². The minimum atomic E-state index is -0.347. The number of nitrogens with one attached hydrogen (secondary N) is 1. The SMILES string of the molecule is COc1ccc(O)c(C(=O)NCc2cncs2)c1. The summed E-state index contributed by atoms with van der Waals surface area (Å²) in [5.41, 5.74) is 1.89. The number of phenols is 1. The van der Waals surface area contributed by atoms with Crippen LogP contribution < -0.4 is 10.1 Å². The molecule has 1 aromatic heterocycles. The molecule has 94 valence electrons. The summed E-state index contributed by atoms with van der Waals surface area (Å²) in [5.74, 6) is 0.105. The van der Waals surface area contributed by atoms with Gasteiger partial charge in [-0.25, -0.2) is 0 Å². The number of carbonyl (C=O) groups excluding carboxylic acids is 1. The van der Waals surface area contributed by atoms with Crippen LogP contribution in [0.2, 0.25) is 0 Å². The second-order valence-corrected chi connectivity index (χ2v) is 4.50. The highest BCUT2D eigenvalue weighted by molar-refractivity contribution is 7.09. The van der Waals surface area contributed by atoms with Crippen molar-refractivity contribution in [1.29, 1.82) is 0 Å². The first-order valence-electron chi connectivity index (χ1n) is 5.23. The van der Waals surface area contributed by atoms with E-state index in [9.17, 15) is 9.90 Å². The molecule has 0 aliphatic rings. The molecule has 0 aliphatic heterocycles. The van der Waals surface area contributed by atoms with E-state index in [1.165, 1.54) is 30.6 Å². The molecule has 18 heavy (non-hydrogen) atoms. The Kier molecular flexibility index (Phi) is 3.78. The Bertz CT molecular complexity index is 540. The number of hydrogen-bond acceptors (Lipinski definition) is 5. The predicted molar refractivity (Wildman–Crippen MR) is 67.9 cm³/mol.